The van der Waals surface area contributed by atoms with E-state index in [2.05, 4.69) is 26.6 Å². The summed E-state index contributed by atoms with van der Waals surface area (Å²) < 4.78 is 1.08. The molecular weight excluding hydrogens is 276 g/mol. The van der Waals surface area contributed by atoms with Crippen molar-refractivity contribution >= 4 is 33.2 Å². The highest BCUT2D eigenvalue weighted by molar-refractivity contribution is 9.10. The highest BCUT2D eigenvalue weighted by Crippen LogP contribution is 2.19. The van der Waals surface area contributed by atoms with Crippen LogP contribution >= 0.6 is 27.3 Å². The third-order valence-electron chi connectivity index (χ3n) is 2.49. The fraction of sp³-hybridized carbons (Fsp3) is 0.500. The molecule has 1 aliphatic heterocycles. The van der Waals surface area contributed by atoms with Gasteiger partial charge in [-0.15, -0.1) is 11.3 Å². The van der Waals surface area contributed by atoms with Gasteiger partial charge >= 0.3 is 0 Å². The van der Waals surface area contributed by atoms with Gasteiger partial charge in [0, 0.05) is 21.3 Å². The molecule has 3 nitrogen and oxygen atoms in total. The molecule has 1 aliphatic rings. The topological polar surface area (TPSA) is 41.1 Å². The van der Waals surface area contributed by atoms with Crippen molar-refractivity contribution in [1.29, 1.82) is 0 Å². The van der Waals surface area contributed by atoms with Crippen molar-refractivity contribution in [3.8, 4) is 0 Å². The lowest BCUT2D eigenvalue weighted by Crippen LogP contribution is -2.31. The Kier molecular flexibility index (Phi) is 3.77. The molecule has 2 rings (SSSR count). The van der Waals surface area contributed by atoms with E-state index in [4.69, 9.17) is 0 Å². The number of amides is 1. The number of carbonyl (C=O) groups excluding carboxylic acids is 1. The minimum Gasteiger partial charge on any atom is -0.351 e. The van der Waals surface area contributed by atoms with Gasteiger partial charge in [-0.3, -0.25) is 4.79 Å². The maximum absolute atomic E-state index is 11.7. The van der Waals surface area contributed by atoms with Gasteiger partial charge in [0.15, 0.2) is 0 Å². The molecule has 0 spiro atoms. The zero-order valence-electron chi connectivity index (χ0n) is 8.25. The van der Waals surface area contributed by atoms with Crippen molar-refractivity contribution in [3.05, 3.63) is 20.8 Å². The van der Waals surface area contributed by atoms with E-state index in [1.807, 2.05) is 11.4 Å². The third kappa shape index (κ3) is 3.03. The fourth-order valence-electron chi connectivity index (χ4n) is 1.64. The lowest BCUT2D eigenvalue weighted by Gasteiger charge is -2.08. The van der Waals surface area contributed by atoms with Crippen molar-refractivity contribution in [1.82, 2.24) is 10.6 Å². The van der Waals surface area contributed by atoms with E-state index in [0.29, 0.717) is 6.54 Å². The summed E-state index contributed by atoms with van der Waals surface area (Å²) in [5, 5.41) is 8.18. The van der Waals surface area contributed by atoms with Gasteiger partial charge < -0.3 is 10.6 Å². The summed E-state index contributed by atoms with van der Waals surface area (Å²) >= 11 is 5.05. The van der Waals surface area contributed by atoms with E-state index in [0.717, 1.165) is 24.0 Å². The summed E-state index contributed by atoms with van der Waals surface area (Å²) in [5.74, 6) is 0.331. The van der Waals surface area contributed by atoms with Gasteiger partial charge in [-0.2, -0.15) is 0 Å². The summed E-state index contributed by atoms with van der Waals surface area (Å²) in [7, 11) is 0. The standard InChI is InChI=1S/C10H13BrN2OS/c11-8-3-9(15-6-8)5-13-10(14)7-1-2-12-4-7/h3,6-7,12H,1-2,4-5H2,(H,13,14)/t7-/m0/s1. The average Bonchev–Trinajstić information content (AvgIpc) is 2.84. The number of thiophene rings is 1. The Labute approximate surface area is 101 Å². The molecule has 5 heteroatoms. The van der Waals surface area contributed by atoms with Gasteiger partial charge in [0.05, 0.1) is 12.5 Å². The van der Waals surface area contributed by atoms with Gasteiger partial charge in [-0.1, -0.05) is 0 Å². The number of rotatable bonds is 3. The van der Waals surface area contributed by atoms with Crippen LogP contribution < -0.4 is 10.6 Å². The average molecular weight is 289 g/mol. The molecule has 1 atom stereocenters. The highest BCUT2D eigenvalue weighted by Gasteiger charge is 2.21. The lowest BCUT2D eigenvalue weighted by atomic mass is 10.1. The first-order chi connectivity index (χ1) is 7.25. The minimum atomic E-state index is 0.161. The Morgan fingerprint density at radius 1 is 1.73 bits per heavy atom. The van der Waals surface area contributed by atoms with Crippen molar-refractivity contribution in [2.45, 2.75) is 13.0 Å². The Balaban J connectivity index is 1.80. The molecule has 1 aromatic rings. The van der Waals surface area contributed by atoms with Crippen LogP contribution in [0.25, 0.3) is 0 Å². The summed E-state index contributed by atoms with van der Waals surface area (Å²) in [6.07, 6.45) is 0.958. The molecule has 1 saturated heterocycles. The van der Waals surface area contributed by atoms with Crippen LogP contribution in [0, 0.1) is 5.92 Å². The molecule has 0 bridgehead atoms. The largest absolute Gasteiger partial charge is 0.351 e. The van der Waals surface area contributed by atoms with Crippen LogP contribution in [0.15, 0.2) is 15.9 Å². The van der Waals surface area contributed by atoms with Crippen LogP contribution in [0.2, 0.25) is 0 Å². The molecule has 82 valence electrons. The van der Waals surface area contributed by atoms with E-state index >= 15 is 0 Å². The summed E-state index contributed by atoms with van der Waals surface area (Å²) in [6, 6.07) is 2.04. The molecule has 0 radical (unpaired) electrons. The molecule has 2 heterocycles. The minimum absolute atomic E-state index is 0.161. The van der Waals surface area contributed by atoms with Crippen molar-refractivity contribution in [3.63, 3.8) is 0 Å². The van der Waals surface area contributed by atoms with Crippen LogP contribution in [0.1, 0.15) is 11.3 Å². The van der Waals surface area contributed by atoms with Gasteiger partial charge in [-0.05, 0) is 35.0 Å². The number of hydrogen-bond acceptors (Lipinski definition) is 3. The second-order valence-corrected chi connectivity index (χ2v) is 5.55. The molecule has 0 aliphatic carbocycles. The van der Waals surface area contributed by atoms with E-state index in [-0.39, 0.29) is 11.8 Å². The molecule has 0 aromatic carbocycles. The zero-order chi connectivity index (χ0) is 10.7. The fourth-order valence-corrected chi connectivity index (χ4v) is 3.03. The second kappa shape index (κ2) is 5.09. The van der Waals surface area contributed by atoms with Crippen LogP contribution in [0.3, 0.4) is 0 Å². The van der Waals surface area contributed by atoms with Crippen molar-refractivity contribution in [2.75, 3.05) is 13.1 Å². The van der Waals surface area contributed by atoms with Crippen molar-refractivity contribution in [2.24, 2.45) is 5.92 Å². The van der Waals surface area contributed by atoms with Crippen LogP contribution in [-0.4, -0.2) is 19.0 Å². The Morgan fingerprint density at radius 2 is 2.60 bits per heavy atom. The first kappa shape index (κ1) is 11.1. The maximum atomic E-state index is 11.7. The first-order valence-electron chi connectivity index (χ1n) is 4.97. The van der Waals surface area contributed by atoms with E-state index in [1.165, 1.54) is 4.88 Å². The van der Waals surface area contributed by atoms with Gasteiger partial charge in [0.25, 0.3) is 0 Å². The number of hydrogen-bond donors (Lipinski definition) is 2. The van der Waals surface area contributed by atoms with E-state index in [1.54, 1.807) is 11.3 Å². The second-order valence-electron chi connectivity index (χ2n) is 3.64. The molecule has 1 fully saturated rings. The Morgan fingerprint density at radius 3 is 3.20 bits per heavy atom. The highest BCUT2D eigenvalue weighted by atomic mass is 79.9. The zero-order valence-corrected chi connectivity index (χ0v) is 10.7. The van der Waals surface area contributed by atoms with Crippen LogP contribution in [-0.2, 0) is 11.3 Å². The van der Waals surface area contributed by atoms with Gasteiger partial charge in [0.1, 0.15) is 0 Å². The van der Waals surface area contributed by atoms with Crippen LogP contribution in [0.5, 0.6) is 0 Å². The SMILES string of the molecule is O=C(NCc1cc(Br)cs1)[C@H]1CCNC1. The van der Waals surface area contributed by atoms with Crippen molar-refractivity contribution < 1.29 is 4.79 Å². The molecule has 0 saturated carbocycles. The molecule has 2 N–H and O–H groups in total. The molecule has 15 heavy (non-hydrogen) atoms. The quantitative estimate of drug-likeness (QED) is 0.890. The number of halogens is 1. The number of carbonyl (C=O) groups is 1. The van der Waals surface area contributed by atoms with Gasteiger partial charge in [0.2, 0.25) is 5.91 Å². The summed E-state index contributed by atoms with van der Waals surface area (Å²) in [6.45, 7) is 2.42. The third-order valence-corrected chi connectivity index (χ3v) is 4.19. The van der Waals surface area contributed by atoms with Gasteiger partial charge in [-0.25, -0.2) is 0 Å². The molecule has 0 unspecified atom stereocenters. The van der Waals surface area contributed by atoms with Crippen LogP contribution in [0.4, 0.5) is 0 Å². The molecule has 1 aromatic heterocycles. The Hall–Kier alpha value is -0.390. The lowest BCUT2D eigenvalue weighted by molar-refractivity contribution is -0.124. The summed E-state index contributed by atoms with van der Waals surface area (Å²) in [4.78, 5) is 12.8. The van der Waals surface area contributed by atoms with E-state index < -0.39 is 0 Å². The molecule has 1 amide bonds. The first-order valence-corrected chi connectivity index (χ1v) is 6.64. The predicted octanol–water partition coefficient (Wildman–Crippen LogP) is 1.74. The smallest absolute Gasteiger partial charge is 0.224 e. The predicted molar refractivity (Wildman–Crippen MR) is 64.8 cm³/mol. The normalized spacial score (nSPS) is 20.5. The summed E-state index contributed by atoms with van der Waals surface area (Å²) in [5.41, 5.74) is 0. The number of nitrogens with one attached hydrogen (secondary N) is 2. The maximum Gasteiger partial charge on any atom is 0.224 e. The Bertz CT molecular complexity index is 347. The van der Waals surface area contributed by atoms with E-state index in [9.17, 15) is 4.79 Å². The monoisotopic (exact) mass is 288 g/mol. The molecular formula is C10H13BrN2OS.